The van der Waals surface area contributed by atoms with Crippen molar-refractivity contribution in [1.29, 1.82) is 0 Å². The molecule has 5 nitrogen and oxygen atoms in total. The van der Waals surface area contributed by atoms with E-state index >= 15 is 0 Å². The molecule has 0 bridgehead atoms. The highest BCUT2D eigenvalue weighted by Gasteiger charge is 2.15. The highest BCUT2D eigenvalue weighted by Crippen LogP contribution is 2.10. The third-order valence-corrected chi connectivity index (χ3v) is 3.77. The van der Waals surface area contributed by atoms with E-state index in [1.807, 2.05) is 25.1 Å². The van der Waals surface area contributed by atoms with Crippen molar-refractivity contribution in [3.8, 4) is 0 Å². The molecule has 0 saturated heterocycles. The topological polar surface area (TPSA) is 78.4 Å². The summed E-state index contributed by atoms with van der Waals surface area (Å²) in [4.78, 5) is 22.6. The van der Waals surface area contributed by atoms with Crippen molar-refractivity contribution >= 4 is 12.0 Å². The largest absolute Gasteiger partial charge is 0.465 e. The van der Waals surface area contributed by atoms with Gasteiger partial charge in [-0.15, -0.1) is 0 Å². The Balaban J connectivity index is 2.39. The van der Waals surface area contributed by atoms with E-state index in [0.29, 0.717) is 19.4 Å². The number of carbonyl (C=O) groups excluding carboxylic acids is 1. The molecule has 1 rings (SSSR count). The molecule has 0 spiro atoms. The zero-order valence-corrected chi connectivity index (χ0v) is 14.0. The average molecular weight is 320 g/mol. The van der Waals surface area contributed by atoms with Gasteiger partial charge in [0.2, 0.25) is 5.91 Å². The maximum atomic E-state index is 12.2. The summed E-state index contributed by atoms with van der Waals surface area (Å²) in [6.45, 7) is 4.46. The van der Waals surface area contributed by atoms with Crippen LogP contribution in [0.25, 0.3) is 0 Å². The second kappa shape index (κ2) is 10.6. The van der Waals surface area contributed by atoms with Gasteiger partial charge in [-0.1, -0.05) is 50.6 Å². The normalized spacial score (nSPS) is 13.1. The number of carbonyl (C=O) groups is 2. The first kappa shape index (κ1) is 19.0. The van der Waals surface area contributed by atoms with E-state index in [2.05, 4.69) is 29.7 Å². The molecule has 0 heterocycles. The molecule has 1 unspecified atom stereocenters. The summed E-state index contributed by atoms with van der Waals surface area (Å²) in [6.07, 6.45) is 2.89. The molecule has 0 saturated carbocycles. The van der Waals surface area contributed by atoms with Crippen LogP contribution in [0.3, 0.4) is 0 Å². The Morgan fingerprint density at radius 2 is 1.87 bits per heavy atom. The lowest BCUT2D eigenvalue weighted by atomic mass is 10.00. The Bertz CT molecular complexity index is 476. The van der Waals surface area contributed by atoms with Gasteiger partial charge in [-0.25, -0.2) is 4.79 Å². The summed E-state index contributed by atoms with van der Waals surface area (Å²) in [5.41, 5.74) is 1.23. The second-order valence-electron chi connectivity index (χ2n) is 6.07. The Morgan fingerprint density at radius 3 is 2.48 bits per heavy atom. The number of rotatable bonds is 10. The van der Waals surface area contributed by atoms with Crippen LogP contribution >= 0.6 is 0 Å². The van der Waals surface area contributed by atoms with Crippen molar-refractivity contribution in [1.82, 2.24) is 10.6 Å². The van der Waals surface area contributed by atoms with Gasteiger partial charge in [-0.05, 0) is 30.7 Å². The van der Waals surface area contributed by atoms with Gasteiger partial charge in [0, 0.05) is 19.0 Å². The van der Waals surface area contributed by atoms with E-state index in [1.54, 1.807) is 0 Å². The molecule has 128 valence electrons. The third-order valence-electron chi connectivity index (χ3n) is 3.77. The Hall–Kier alpha value is -2.04. The van der Waals surface area contributed by atoms with Crippen LogP contribution in [0.2, 0.25) is 0 Å². The van der Waals surface area contributed by atoms with Crippen LogP contribution in [0.15, 0.2) is 30.3 Å². The standard InChI is InChI=1S/C18H28N2O3/c1-3-7-16(13-15-8-5-4-6-9-15)20-17(21)12-14(2)10-11-19-18(22)23/h4-6,8-9,14,16,19H,3,7,10-13H2,1-2H3,(H,20,21)(H,22,23)/t14?,16-/m0/s1. The maximum Gasteiger partial charge on any atom is 0.404 e. The molecule has 1 aromatic rings. The second-order valence-corrected chi connectivity index (χ2v) is 6.07. The van der Waals surface area contributed by atoms with E-state index in [0.717, 1.165) is 19.3 Å². The molecule has 0 aliphatic carbocycles. The number of benzene rings is 1. The molecule has 2 atom stereocenters. The van der Waals surface area contributed by atoms with Crippen molar-refractivity contribution in [2.24, 2.45) is 5.92 Å². The number of hydrogen-bond acceptors (Lipinski definition) is 2. The molecule has 0 aliphatic rings. The van der Waals surface area contributed by atoms with Crippen LogP contribution in [0.1, 0.15) is 45.1 Å². The van der Waals surface area contributed by atoms with Gasteiger partial charge >= 0.3 is 6.09 Å². The van der Waals surface area contributed by atoms with Crippen LogP contribution in [-0.4, -0.2) is 29.7 Å². The van der Waals surface area contributed by atoms with E-state index in [9.17, 15) is 9.59 Å². The Morgan fingerprint density at radius 1 is 1.17 bits per heavy atom. The molecule has 5 heteroatoms. The number of hydrogen-bond donors (Lipinski definition) is 3. The van der Waals surface area contributed by atoms with E-state index in [-0.39, 0.29) is 17.9 Å². The van der Waals surface area contributed by atoms with Gasteiger partial charge in [-0.2, -0.15) is 0 Å². The monoisotopic (exact) mass is 320 g/mol. The lowest BCUT2D eigenvalue weighted by molar-refractivity contribution is -0.122. The lowest BCUT2D eigenvalue weighted by Crippen LogP contribution is -2.37. The smallest absolute Gasteiger partial charge is 0.404 e. The van der Waals surface area contributed by atoms with Crippen LogP contribution < -0.4 is 10.6 Å². The molecule has 2 amide bonds. The van der Waals surface area contributed by atoms with Crippen molar-refractivity contribution in [2.45, 2.75) is 52.0 Å². The van der Waals surface area contributed by atoms with Crippen LogP contribution in [-0.2, 0) is 11.2 Å². The number of amides is 2. The average Bonchev–Trinajstić information content (AvgIpc) is 2.47. The highest BCUT2D eigenvalue weighted by atomic mass is 16.4. The van der Waals surface area contributed by atoms with Crippen molar-refractivity contribution in [2.75, 3.05) is 6.54 Å². The lowest BCUT2D eigenvalue weighted by Gasteiger charge is -2.20. The van der Waals surface area contributed by atoms with Gasteiger partial charge in [0.25, 0.3) is 0 Å². The fraction of sp³-hybridized carbons (Fsp3) is 0.556. The Kier molecular flexibility index (Phi) is 8.80. The maximum absolute atomic E-state index is 12.2. The fourth-order valence-corrected chi connectivity index (χ4v) is 2.60. The summed E-state index contributed by atoms with van der Waals surface area (Å²) in [5.74, 6) is 0.197. The number of nitrogens with one attached hydrogen (secondary N) is 2. The van der Waals surface area contributed by atoms with Gasteiger partial charge in [0.15, 0.2) is 0 Å². The van der Waals surface area contributed by atoms with Crippen molar-refractivity contribution in [3.63, 3.8) is 0 Å². The van der Waals surface area contributed by atoms with Crippen LogP contribution in [0, 0.1) is 5.92 Å². The van der Waals surface area contributed by atoms with E-state index in [1.165, 1.54) is 5.56 Å². The SMILES string of the molecule is CCC[C@@H](Cc1ccccc1)NC(=O)CC(C)CCNC(=O)O. The molecule has 1 aromatic carbocycles. The molecule has 0 radical (unpaired) electrons. The first-order valence-corrected chi connectivity index (χ1v) is 8.31. The zero-order chi connectivity index (χ0) is 17.1. The molecular formula is C18H28N2O3. The minimum Gasteiger partial charge on any atom is -0.465 e. The zero-order valence-electron chi connectivity index (χ0n) is 14.0. The molecule has 0 fully saturated rings. The van der Waals surface area contributed by atoms with E-state index < -0.39 is 6.09 Å². The van der Waals surface area contributed by atoms with Gasteiger partial charge in [0.1, 0.15) is 0 Å². The molecule has 0 aromatic heterocycles. The van der Waals surface area contributed by atoms with Crippen molar-refractivity contribution in [3.05, 3.63) is 35.9 Å². The molecule has 0 aliphatic heterocycles. The van der Waals surface area contributed by atoms with Gasteiger partial charge < -0.3 is 15.7 Å². The third kappa shape index (κ3) is 8.86. The minimum absolute atomic E-state index is 0.0437. The summed E-state index contributed by atoms with van der Waals surface area (Å²) in [7, 11) is 0. The molecular weight excluding hydrogens is 292 g/mol. The predicted molar refractivity (Wildman–Crippen MR) is 91.4 cm³/mol. The molecule has 3 N–H and O–H groups in total. The minimum atomic E-state index is -1.02. The first-order chi connectivity index (χ1) is 11.0. The van der Waals surface area contributed by atoms with Crippen molar-refractivity contribution < 1.29 is 14.7 Å². The predicted octanol–water partition coefficient (Wildman–Crippen LogP) is 3.20. The Labute approximate surface area is 138 Å². The van der Waals surface area contributed by atoms with Gasteiger partial charge in [-0.3, -0.25) is 4.79 Å². The summed E-state index contributed by atoms with van der Waals surface area (Å²) >= 11 is 0. The summed E-state index contributed by atoms with van der Waals surface area (Å²) in [6, 6.07) is 10.3. The summed E-state index contributed by atoms with van der Waals surface area (Å²) in [5, 5.41) is 14.0. The molecule has 23 heavy (non-hydrogen) atoms. The highest BCUT2D eigenvalue weighted by molar-refractivity contribution is 5.76. The quantitative estimate of drug-likeness (QED) is 0.619. The summed E-state index contributed by atoms with van der Waals surface area (Å²) < 4.78 is 0. The first-order valence-electron chi connectivity index (χ1n) is 8.31. The van der Waals surface area contributed by atoms with Gasteiger partial charge in [0.05, 0.1) is 0 Å². The number of carboxylic acid groups (broad SMARTS) is 1. The van der Waals surface area contributed by atoms with Crippen LogP contribution in [0.5, 0.6) is 0 Å². The van der Waals surface area contributed by atoms with Crippen LogP contribution in [0.4, 0.5) is 4.79 Å². The van der Waals surface area contributed by atoms with E-state index in [4.69, 9.17) is 5.11 Å². The fourth-order valence-electron chi connectivity index (χ4n) is 2.60.